The number of carbonyl (C=O) groups is 3. The topological polar surface area (TPSA) is 255 Å². The van der Waals surface area contributed by atoms with E-state index in [9.17, 15) is 14.4 Å². The number of alkyl halides is 1. The lowest BCUT2D eigenvalue weighted by molar-refractivity contribution is -0.118. The Morgan fingerprint density at radius 3 is 1.05 bits per heavy atom. The number of nitrogens with one attached hydrogen (secondary N) is 3. The Balaban J connectivity index is -0.000000347. The maximum atomic E-state index is 11.2. The summed E-state index contributed by atoms with van der Waals surface area (Å²) in [5.41, 5.74) is 4.22. The summed E-state index contributed by atoms with van der Waals surface area (Å²) in [4.78, 5) is 33.2. The second kappa shape index (κ2) is 50.4. The fraction of sp³-hybridized carbons (Fsp3) is 0.921. The molecule has 0 aliphatic rings. The van der Waals surface area contributed by atoms with E-state index in [4.69, 9.17) is 68.1 Å². The van der Waals surface area contributed by atoms with Crippen LogP contribution in [0.2, 0.25) is 0 Å². The zero-order chi connectivity index (χ0) is 45.3. The maximum absolute atomic E-state index is 11.2. The van der Waals surface area contributed by atoms with Gasteiger partial charge in [0.2, 0.25) is 5.91 Å². The van der Waals surface area contributed by atoms with Gasteiger partial charge in [-0.25, -0.2) is 9.59 Å². The molecule has 0 aromatic heterocycles. The Labute approximate surface area is 361 Å². The van der Waals surface area contributed by atoms with Crippen molar-refractivity contribution in [3.8, 4) is 0 Å². The molecule has 0 radical (unpaired) electrons. The molecule has 21 heteroatoms. The van der Waals surface area contributed by atoms with Crippen molar-refractivity contribution < 1.29 is 76.7 Å². The fourth-order valence-corrected chi connectivity index (χ4v) is 3.39. The smallest absolute Gasteiger partial charge is 0.407 e. The van der Waals surface area contributed by atoms with Gasteiger partial charge in [0, 0.05) is 39.4 Å². The lowest BCUT2D eigenvalue weighted by Crippen LogP contribution is -2.34. The first-order chi connectivity index (χ1) is 28.1. The number of amides is 3. The van der Waals surface area contributed by atoms with Crippen LogP contribution in [-0.4, -0.2) is 203 Å². The molecule has 0 atom stereocenters. The van der Waals surface area contributed by atoms with Gasteiger partial charge in [0.15, 0.2) is 0 Å². The molecule has 0 aliphatic heterocycles. The van der Waals surface area contributed by atoms with Crippen LogP contribution < -0.4 is 21.7 Å². The number of rotatable bonds is 33. The van der Waals surface area contributed by atoms with Crippen molar-refractivity contribution in [3.05, 3.63) is 0 Å². The molecular formula is C38H81BrN4O16. The molecule has 7 N–H and O–H groups in total. The third kappa shape index (κ3) is 70.9. The highest BCUT2D eigenvalue weighted by atomic mass is 79.9. The van der Waals surface area contributed by atoms with Crippen LogP contribution in [-0.2, 0) is 56.9 Å². The maximum Gasteiger partial charge on any atom is 0.407 e. The summed E-state index contributed by atoms with van der Waals surface area (Å²) in [6.07, 6.45) is -0.862. The molecule has 20 nitrogen and oxygen atoms in total. The first-order valence-electron chi connectivity index (χ1n) is 20.0. The van der Waals surface area contributed by atoms with E-state index in [1.807, 2.05) is 55.4 Å². The van der Waals surface area contributed by atoms with Crippen LogP contribution in [0, 0.1) is 0 Å². The van der Waals surface area contributed by atoms with E-state index in [0.29, 0.717) is 150 Å². The Morgan fingerprint density at radius 1 is 0.475 bits per heavy atom. The number of ether oxygens (including phenoxy) is 11. The third-order valence-electron chi connectivity index (χ3n) is 5.52. The van der Waals surface area contributed by atoms with Crippen LogP contribution in [0.1, 0.15) is 55.4 Å². The molecular weight excluding hydrogens is 848 g/mol. The lowest BCUT2D eigenvalue weighted by atomic mass is 10.2. The van der Waals surface area contributed by atoms with E-state index in [-0.39, 0.29) is 19.1 Å². The van der Waals surface area contributed by atoms with Gasteiger partial charge in [-0.15, -0.1) is 0 Å². The molecule has 0 fully saturated rings. The monoisotopic (exact) mass is 928 g/mol. The quantitative estimate of drug-likeness (QED) is 0.0404. The van der Waals surface area contributed by atoms with Crippen molar-refractivity contribution in [1.82, 2.24) is 16.0 Å². The van der Waals surface area contributed by atoms with Gasteiger partial charge in [-0.05, 0) is 55.4 Å². The number of carbonyl (C=O) groups excluding carboxylic acids is 3. The van der Waals surface area contributed by atoms with E-state index < -0.39 is 23.4 Å². The van der Waals surface area contributed by atoms with Gasteiger partial charge < -0.3 is 84.0 Å². The van der Waals surface area contributed by atoms with Crippen LogP contribution >= 0.6 is 15.9 Å². The van der Waals surface area contributed by atoms with Gasteiger partial charge in [0.1, 0.15) is 11.2 Å². The SMILES string of the molecule is CC(C)(C)OC(=O)NCCOCCOCCO.CCOCCOCCNC(=O)OC(C)(C)C.CCOCCOCCOCCNC(=O)CBr.NCCOCCOCCO. The zero-order valence-corrected chi connectivity index (χ0v) is 38.8. The summed E-state index contributed by atoms with van der Waals surface area (Å²) in [5, 5.41) is 24.9. The molecule has 0 aromatic rings. The standard InChI is InChI=1S/C11H23NO5.C11H23NO4.C10H20BrNO4.C6H15NO3/c1-11(2,3)17-10(14)12-4-6-15-8-9-16-7-5-13;1-5-14-8-9-15-7-6-12-10(13)16-11(2,3)4;1-2-14-5-6-16-8-7-15-4-3-12-10(13)9-11;7-1-3-9-5-6-10-4-2-8/h13H,4-9H2,1-3H3,(H,12,14);5-9H2,1-4H3,(H,12,13);2-9H2,1H3,(H,12,13);8H,1-7H2. The van der Waals surface area contributed by atoms with Crippen molar-refractivity contribution in [3.63, 3.8) is 0 Å². The Kier molecular flexibility index (Phi) is 54.3. The summed E-state index contributed by atoms with van der Waals surface area (Å²) >= 11 is 3.05. The minimum atomic E-state index is -0.483. The van der Waals surface area contributed by atoms with E-state index in [2.05, 4.69) is 31.9 Å². The number of aliphatic hydroxyl groups is 2. The van der Waals surface area contributed by atoms with Crippen LogP contribution in [0.5, 0.6) is 0 Å². The van der Waals surface area contributed by atoms with Crippen molar-refractivity contribution in [1.29, 1.82) is 0 Å². The highest BCUT2D eigenvalue weighted by Gasteiger charge is 2.16. The molecule has 0 unspecified atom stereocenters. The van der Waals surface area contributed by atoms with Crippen LogP contribution in [0.4, 0.5) is 9.59 Å². The largest absolute Gasteiger partial charge is 0.444 e. The van der Waals surface area contributed by atoms with Crippen LogP contribution in [0.25, 0.3) is 0 Å². The molecule has 0 heterocycles. The zero-order valence-electron chi connectivity index (χ0n) is 37.2. The minimum Gasteiger partial charge on any atom is -0.444 e. The molecule has 0 bridgehead atoms. The van der Waals surface area contributed by atoms with E-state index in [1.54, 1.807) is 0 Å². The van der Waals surface area contributed by atoms with Gasteiger partial charge in [0.05, 0.1) is 124 Å². The Bertz CT molecular complexity index is 880. The highest BCUT2D eigenvalue weighted by Crippen LogP contribution is 2.06. The summed E-state index contributed by atoms with van der Waals surface area (Å²) in [6, 6.07) is 0. The number of halogens is 1. The third-order valence-corrected chi connectivity index (χ3v) is 6.03. The molecule has 3 amide bonds. The fourth-order valence-electron chi connectivity index (χ4n) is 3.19. The number of nitrogens with two attached hydrogens (primary N) is 1. The van der Waals surface area contributed by atoms with E-state index in [0.717, 1.165) is 0 Å². The predicted molar refractivity (Wildman–Crippen MR) is 227 cm³/mol. The Hall–Kier alpha value is -1.99. The highest BCUT2D eigenvalue weighted by molar-refractivity contribution is 9.09. The van der Waals surface area contributed by atoms with Gasteiger partial charge in [-0.1, -0.05) is 15.9 Å². The average Bonchev–Trinajstić information content (AvgIpc) is 3.17. The second-order valence-corrected chi connectivity index (χ2v) is 13.8. The van der Waals surface area contributed by atoms with Crippen molar-refractivity contribution in [2.45, 2.75) is 66.6 Å². The average molecular weight is 930 g/mol. The van der Waals surface area contributed by atoms with E-state index in [1.165, 1.54) is 0 Å². The first kappa shape index (κ1) is 63.6. The van der Waals surface area contributed by atoms with Crippen LogP contribution in [0.3, 0.4) is 0 Å². The second-order valence-electron chi connectivity index (χ2n) is 13.3. The molecule has 0 saturated carbocycles. The number of hydrogen-bond donors (Lipinski definition) is 6. The number of alkyl carbamates (subject to hydrolysis) is 2. The summed E-state index contributed by atoms with van der Waals surface area (Å²) in [6.45, 7) is 26.2. The predicted octanol–water partition coefficient (Wildman–Crippen LogP) is 1.64. The van der Waals surface area contributed by atoms with Crippen molar-refractivity contribution in [2.24, 2.45) is 5.73 Å². The van der Waals surface area contributed by atoms with Gasteiger partial charge in [-0.3, -0.25) is 4.79 Å². The Morgan fingerprint density at radius 2 is 0.763 bits per heavy atom. The molecule has 0 rings (SSSR count). The molecule has 0 saturated heterocycles. The van der Waals surface area contributed by atoms with E-state index >= 15 is 0 Å². The summed E-state index contributed by atoms with van der Waals surface area (Å²) < 4.78 is 56.1. The molecule has 0 spiro atoms. The van der Waals surface area contributed by atoms with Crippen molar-refractivity contribution in [2.75, 3.05) is 164 Å². The molecule has 0 aromatic carbocycles. The first-order valence-corrected chi connectivity index (χ1v) is 21.1. The van der Waals surface area contributed by atoms with Gasteiger partial charge in [-0.2, -0.15) is 0 Å². The van der Waals surface area contributed by atoms with Crippen molar-refractivity contribution >= 4 is 34.0 Å². The molecule has 0 aliphatic carbocycles. The van der Waals surface area contributed by atoms with Crippen LogP contribution in [0.15, 0.2) is 0 Å². The summed E-state index contributed by atoms with van der Waals surface area (Å²) in [7, 11) is 0. The minimum absolute atomic E-state index is 0.0141. The normalized spacial score (nSPS) is 10.8. The lowest BCUT2D eigenvalue weighted by Gasteiger charge is -2.19. The van der Waals surface area contributed by atoms with Gasteiger partial charge in [0.25, 0.3) is 0 Å². The van der Waals surface area contributed by atoms with Gasteiger partial charge >= 0.3 is 12.2 Å². The number of aliphatic hydroxyl groups excluding tert-OH is 2. The molecule has 59 heavy (non-hydrogen) atoms. The molecule has 356 valence electrons. The number of hydrogen-bond acceptors (Lipinski definition) is 17. The summed E-state index contributed by atoms with van der Waals surface area (Å²) in [5.74, 6) is -0.0310.